The number of carboxylic acid groups (broad SMARTS) is 1. The smallest absolute Gasteiger partial charge is 0.496 e. The molecule has 106 valence electrons. The number of methoxy groups -OCH3 is 1. The highest BCUT2D eigenvalue weighted by molar-refractivity contribution is 5.88. The minimum absolute atomic E-state index is 0.432. The monoisotopic (exact) mass is 287 g/mol. The Morgan fingerprint density at radius 3 is 2.37 bits per heavy atom. The summed E-state index contributed by atoms with van der Waals surface area (Å²) in [4.78, 5) is 13.6. The molecule has 0 saturated heterocycles. The zero-order valence-corrected chi connectivity index (χ0v) is 9.16. The summed E-state index contributed by atoms with van der Waals surface area (Å²) in [5.74, 6) is -3.89. The highest BCUT2D eigenvalue weighted by atomic mass is 19.4. The van der Waals surface area contributed by atoms with Crippen molar-refractivity contribution in [3.8, 4) is 11.6 Å². The van der Waals surface area contributed by atoms with Gasteiger partial charge in [-0.05, 0) is 0 Å². The maximum atomic E-state index is 12.7. The van der Waals surface area contributed by atoms with Gasteiger partial charge in [0.15, 0.2) is 5.69 Å². The van der Waals surface area contributed by atoms with Gasteiger partial charge >= 0.3 is 12.3 Å². The summed E-state index contributed by atoms with van der Waals surface area (Å²) in [5, 5.41) is 8.67. The molecule has 0 aliphatic heterocycles. The van der Waals surface area contributed by atoms with Gasteiger partial charge in [0.25, 0.3) is 6.43 Å². The lowest BCUT2D eigenvalue weighted by atomic mass is 10.1. The maximum Gasteiger partial charge on any atom is 0.574 e. The van der Waals surface area contributed by atoms with Gasteiger partial charge in [-0.25, -0.2) is 18.6 Å². The summed E-state index contributed by atoms with van der Waals surface area (Å²) in [7, 11) is 0.893. The third-order valence-corrected chi connectivity index (χ3v) is 1.86. The number of rotatable bonds is 4. The van der Waals surface area contributed by atoms with Crippen LogP contribution >= 0.6 is 0 Å². The second kappa shape index (κ2) is 5.24. The van der Waals surface area contributed by atoms with E-state index < -0.39 is 41.6 Å². The van der Waals surface area contributed by atoms with Gasteiger partial charge in [-0.1, -0.05) is 0 Å². The van der Waals surface area contributed by atoms with Crippen molar-refractivity contribution in [3.05, 3.63) is 17.3 Å². The fourth-order valence-corrected chi connectivity index (χ4v) is 1.22. The zero-order chi connectivity index (χ0) is 14.8. The minimum Gasteiger partial charge on any atom is -0.496 e. The van der Waals surface area contributed by atoms with Gasteiger partial charge in [-0.3, -0.25) is 0 Å². The third-order valence-electron chi connectivity index (χ3n) is 1.86. The average molecular weight is 287 g/mol. The Bertz CT molecular complexity index is 488. The van der Waals surface area contributed by atoms with Crippen LogP contribution in [0.2, 0.25) is 0 Å². The summed E-state index contributed by atoms with van der Waals surface area (Å²) in [6.07, 6.45) is -8.42. The van der Waals surface area contributed by atoms with Gasteiger partial charge in [-0.2, -0.15) is 0 Å². The number of hydrogen-bond donors (Lipinski definition) is 1. The van der Waals surface area contributed by atoms with Crippen LogP contribution in [-0.4, -0.2) is 29.5 Å². The standard InChI is InChI=1S/C9H6F5NO4/c1-18-3-2-4(19-9(12,13)14)15-6(8(16)17)5(3)7(10)11/h2,7H,1H3,(H,16,17). The van der Waals surface area contributed by atoms with Crippen LogP contribution in [0.5, 0.6) is 11.6 Å². The Morgan fingerprint density at radius 1 is 1.42 bits per heavy atom. The van der Waals surface area contributed by atoms with Gasteiger partial charge in [0, 0.05) is 6.07 Å². The van der Waals surface area contributed by atoms with Gasteiger partial charge in [0.2, 0.25) is 5.88 Å². The molecule has 1 aromatic rings. The first-order valence-corrected chi connectivity index (χ1v) is 4.51. The number of carbonyl (C=O) groups is 1. The predicted molar refractivity (Wildman–Crippen MR) is 49.4 cm³/mol. The van der Waals surface area contributed by atoms with E-state index in [0.29, 0.717) is 6.07 Å². The van der Waals surface area contributed by atoms with E-state index in [0.717, 1.165) is 7.11 Å². The Balaban J connectivity index is 3.40. The second-order valence-electron chi connectivity index (χ2n) is 3.08. The summed E-state index contributed by atoms with van der Waals surface area (Å²) in [6, 6.07) is 0.432. The molecule has 0 radical (unpaired) electrons. The molecule has 10 heteroatoms. The molecule has 1 N–H and O–H groups in total. The van der Waals surface area contributed by atoms with Crippen molar-refractivity contribution in [3.63, 3.8) is 0 Å². The molecule has 0 bridgehead atoms. The molecular weight excluding hydrogens is 281 g/mol. The molecule has 0 aromatic carbocycles. The number of aromatic nitrogens is 1. The highest BCUT2D eigenvalue weighted by Gasteiger charge is 2.34. The fraction of sp³-hybridized carbons (Fsp3) is 0.333. The van der Waals surface area contributed by atoms with Crippen molar-refractivity contribution in [2.75, 3.05) is 7.11 Å². The summed E-state index contributed by atoms with van der Waals surface area (Å²) in [6.45, 7) is 0. The van der Waals surface area contributed by atoms with Gasteiger partial charge < -0.3 is 14.6 Å². The molecule has 1 rings (SSSR count). The normalized spacial score (nSPS) is 11.5. The second-order valence-corrected chi connectivity index (χ2v) is 3.08. The van der Waals surface area contributed by atoms with Crippen LogP contribution in [0.3, 0.4) is 0 Å². The van der Waals surface area contributed by atoms with E-state index in [-0.39, 0.29) is 0 Å². The number of ether oxygens (including phenoxy) is 2. The van der Waals surface area contributed by atoms with Crippen molar-refractivity contribution < 1.29 is 41.3 Å². The minimum atomic E-state index is -5.14. The van der Waals surface area contributed by atoms with Gasteiger partial charge in [-0.15, -0.1) is 13.2 Å². The van der Waals surface area contributed by atoms with Crippen molar-refractivity contribution in [1.82, 2.24) is 4.98 Å². The van der Waals surface area contributed by atoms with Crippen LogP contribution in [-0.2, 0) is 0 Å². The largest absolute Gasteiger partial charge is 0.574 e. The molecular formula is C9H6F5NO4. The van der Waals surface area contributed by atoms with Crippen molar-refractivity contribution in [2.24, 2.45) is 0 Å². The average Bonchev–Trinajstić information content (AvgIpc) is 2.24. The number of carboxylic acids is 1. The molecule has 0 aliphatic rings. The summed E-state index contributed by atoms with van der Waals surface area (Å²) < 4.78 is 69.0. The lowest BCUT2D eigenvalue weighted by Crippen LogP contribution is -2.19. The lowest BCUT2D eigenvalue weighted by molar-refractivity contribution is -0.276. The first-order valence-electron chi connectivity index (χ1n) is 4.51. The fourth-order valence-electron chi connectivity index (χ4n) is 1.22. The topological polar surface area (TPSA) is 68.7 Å². The van der Waals surface area contributed by atoms with E-state index in [1.807, 2.05) is 0 Å². The summed E-state index contributed by atoms with van der Waals surface area (Å²) >= 11 is 0. The molecule has 1 aromatic heterocycles. The molecule has 0 spiro atoms. The zero-order valence-electron chi connectivity index (χ0n) is 9.16. The Morgan fingerprint density at radius 2 is 2.00 bits per heavy atom. The number of alkyl halides is 5. The number of nitrogens with zero attached hydrogens (tertiary/aromatic N) is 1. The van der Waals surface area contributed by atoms with E-state index in [1.54, 1.807) is 0 Å². The number of hydrogen-bond acceptors (Lipinski definition) is 4. The van der Waals surface area contributed by atoms with Crippen LogP contribution in [0.25, 0.3) is 0 Å². The van der Waals surface area contributed by atoms with E-state index in [2.05, 4.69) is 14.5 Å². The van der Waals surface area contributed by atoms with Gasteiger partial charge in [0.05, 0.1) is 12.7 Å². The van der Waals surface area contributed by atoms with Crippen LogP contribution in [0.4, 0.5) is 22.0 Å². The number of halogens is 5. The van der Waals surface area contributed by atoms with Crippen molar-refractivity contribution in [1.29, 1.82) is 0 Å². The van der Waals surface area contributed by atoms with E-state index in [1.165, 1.54) is 0 Å². The molecule has 1 heterocycles. The summed E-state index contributed by atoms with van der Waals surface area (Å²) in [5.41, 5.74) is -2.39. The van der Waals surface area contributed by atoms with Crippen LogP contribution in [0, 0.1) is 0 Å². The molecule has 0 fully saturated rings. The molecule has 19 heavy (non-hydrogen) atoms. The quantitative estimate of drug-likeness (QED) is 0.862. The van der Waals surface area contributed by atoms with E-state index >= 15 is 0 Å². The van der Waals surface area contributed by atoms with Crippen LogP contribution in [0.15, 0.2) is 6.07 Å². The molecule has 0 aliphatic carbocycles. The predicted octanol–water partition coefficient (Wildman–Crippen LogP) is 2.62. The molecule has 5 nitrogen and oxygen atoms in total. The molecule has 0 atom stereocenters. The highest BCUT2D eigenvalue weighted by Crippen LogP contribution is 2.35. The SMILES string of the molecule is COc1cc(OC(F)(F)F)nc(C(=O)O)c1C(F)F. The third kappa shape index (κ3) is 3.66. The Kier molecular flexibility index (Phi) is 4.12. The molecule has 0 unspecified atom stereocenters. The first-order chi connectivity index (χ1) is 8.65. The van der Waals surface area contributed by atoms with Crippen molar-refractivity contribution in [2.45, 2.75) is 12.8 Å². The van der Waals surface area contributed by atoms with Crippen LogP contribution in [0.1, 0.15) is 22.5 Å². The maximum absolute atomic E-state index is 12.7. The van der Waals surface area contributed by atoms with E-state index in [9.17, 15) is 26.7 Å². The lowest BCUT2D eigenvalue weighted by Gasteiger charge is -2.13. The number of aromatic carboxylic acids is 1. The van der Waals surface area contributed by atoms with E-state index in [4.69, 9.17) is 5.11 Å². The Labute approximate surface area is 102 Å². The first kappa shape index (κ1) is 14.9. The number of pyridine rings is 1. The molecule has 0 amide bonds. The van der Waals surface area contributed by atoms with Crippen LogP contribution < -0.4 is 9.47 Å². The molecule has 0 saturated carbocycles. The van der Waals surface area contributed by atoms with Crippen molar-refractivity contribution >= 4 is 5.97 Å². The van der Waals surface area contributed by atoms with Gasteiger partial charge in [0.1, 0.15) is 5.75 Å². The Hall–Kier alpha value is -2.13.